The van der Waals surface area contributed by atoms with Gasteiger partial charge in [0.15, 0.2) is 11.6 Å². The van der Waals surface area contributed by atoms with Crippen LogP contribution in [0.5, 0.6) is 5.75 Å². The Hall–Kier alpha value is -1.17. The monoisotopic (exact) mass is 296 g/mol. The summed E-state index contributed by atoms with van der Waals surface area (Å²) in [5.74, 6) is 0.552. The molecule has 1 heterocycles. The Morgan fingerprint density at radius 2 is 2.05 bits per heavy atom. The number of piperidine rings is 1. The highest BCUT2D eigenvalue weighted by Crippen LogP contribution is 2.23. The Balaban J connectivity index is 1.87. The van der Waals surface area contributed by atoms with Gasteiger partial charge in [0.1, 0.15) is 0 Å². The van der Waals surface area contributed by atoms with Crippen LogP contribution in [0.2, 0.25) is 0 Å². The highest BCUT2D eigenvalue weighted by atomic mass is 19.1. The van der Waals surface area contributed by atoms with Gasteiger partial charge < -0.3 is 20.1 Å². The third-order valence-corrected chi connectivity index (χ3v) is 4.17. The van der Waals surface area contributed by atoms with Gasteiger partial charge in [0.25, 0.3) is 0 Å². The van der Waals surface area contributed by atoms with Crippen LogP contribution in [0.25, 0.3) is 0 Å². The molecular weight excluding hydrogens is 271 g/mol. The van der Waals surface area contributed by atoms with Gasteiger partial charge in [-0.3, -0.25) is 0 Å². The van der Waals surface area contributed by atoms with Crippen LogP contribution in [0.4, 0.5) is 4.39 Å². The van der Waals surface area contributed by atoms with Crippen LogP contribution in [-0.4, -0.2) is 45.4 Å². The van der Waals surface area contributed by atoms with Crippen LogP contribution in [0.3, 0.4) is 0 Å². The quantitative estimate of drug-likeness (QED) is 0.874. The van der Waals surface area contributed by atoms with Crippen molar-refractivity contribution in [2.75, 3.05) is 40.5 Å². The van der Waals surface area contributed by atoms with E-state index in [1.54, 1.807) is 13.2 Å². The molecule has 5 heteroatoms. The number of hydrogen-bond donors (Lipinski definition) is 1. The van der Waals surface area contributed by atoms with Gasteiger partial charge in [-0.25, -0.2) is 4.39 Å². The number of halogens is 1. The first-order valence-electron chi connectivity index (χ1n) is 7.44. The first kappa shape index (κ1) is 16.2. The molecule has 1 atom stereocenters. The zero-order valence-electron chi connectivity index (χ0n) is 12.8. The molecule has 1 aromatic rings. The van der Waals surface area contributed by atoms with E-state index in [2.05, 4.69) is 4.90 Å². The van der Waals surface area contributed by atoms with Gasteiger partial charge in [-0.2, -0.15) is 0 Å². The predicted molar refractivity (Wildman–Crippen MR) is 80.9 cm³/mol. The van der Waals surface area contributed by atoms with E-state index >= 15 is 0 Å². The molecule has 2 N–H and O–H groups in total. The fraction of sp³-hybridized carbons (Fsp3) is 0.625. The first-order valence-corrected chi connectivity index (χ1v) is 7.44. The lowest BCUT2D eigenvalue weighted by molar-refractivity contribution is 0.0971. The molecule has 0 bridgehead atoms. The Kier molecular flexibility index (Phi) is 5.96. The van der Waals surface area contributed by atoms with Gasteiger partial charge in [-0.15, -0.1) is 0 Å². The van der Waals surface area contributed by atoms with E-state index in [0.717, 1.165) is 44.6 Å². The van der Waals surface area contributed by atoms with Crippen molar-refractivity contribution in [3.8, 4) is 5.75 Å². The number of likely N-dealkylation sites (tertiary alicyclic amines) is 1. The summed E-state index contributed by atoms with van der Waals surface area (Å²) in [7, 11) is 3.21. The van der Waals surface area contributed by atoms with Crippen LogP contribution in [0, 0.1) is 11.7 Å². The molecule has 0 aliphatic carbocycles. The van der Waals surface area contributed by atoms with Gasteiger partial charge in [0.05, 0.1) is 7.11 Å². The molecule has 2 rings (SSSR count). The van der Waals surface area contributed by atoms with Crippen molar-refractivity contribution < 1.29 is 13.9 Å². The molecule has 1 aromatic carbocycles. The SMILES string of the molecule is COCC1CCN(CC(N)c2ccc(OC)c(F)c2)CC1. The Labute approximate surface area is 126 Å². The van der Waals surface area contributed by atoms with E-state index in [4.69, 9.17) is 15.2 Å². The Morgan fingerprint density at radius 3 is 2.62 bits per heavy atom. The van der Waals surface area contributed by atoms with Gasteiger partial charge >= 0.3 is 0 Å². The summed E-state index contributed by atoms with van der Waals surface area (Å²) in [6, 6.07) is 4.77. The maximum absolute atomic E-state index is 13.7. The van der Waals surface area contributed by atoms with E-state index in [1.165, 1.54) is 13.2 Å². The summed E-state index contributed by atoms with van der Waals surface area (Å²) in [5.41, 5.74) is 7.02. The summed E-state index contributed by atoms with van der Waals surface area (Å²) in [4.78, 5) is 2.35. The molecule has 118 valence electrons. The average Bonchev–Trinajstić information content (AvgIpc) is 2.49. The van der Waals surface area contributed by atoms with Crippen molar-refractivity contribution in [3.63, 3.8) is 0 Å². The normalized spacial score (nSPS) is 18.7. The molecule has 1 saturated heterocycles. The average molecular weight is 296 g/mol. The topological polar surface area (TPSA) is 47.7 Å². The minimum absolute atomic E-state index is 0.176. The van der Waals surface area contributed by atoms with E-state index in [1.807, 2.05) is 6.07 Å². The molecule has 1 fully saturated rings. The van der Waals surface area contributed by atoms with Gasteiger partial charge in [0, 0.05) is 26.3 Å². The molecule has 4 nitrogen and oxygen atoms in total. The van der Waals surface area contributed by atoms with Crippen molar-refractivity contribution >= 4 is 0 Å². The smallest absolute Gasteiger partial charge is 0.165 e. The molecule has 1 unspecified atom stereocenters. The maximum Gasteiger partial charge on any atom is 0.165 e. The number of benzene rings is 1. The van der Waals surface area contributed by atoms with Crippen LogP contribution >= 0.6 is 0 Å². The van der Waals surface area contributed by atoms with E-state index in [9.17, 15) is 4.39 Å². The summed E-state index contributed by atoms with van der Waals surface area (Å²) in [5, 5.41) is 0. The second-order valence-electron chi connectivity index (χ2n) is 5.70. The van der Waals surface area contributed by atoms with Crippen LogP contribution in [0.15, 0.2) is 18.2 Å². The molecule has 1 aliphatic rings. The zero-order chi connectivity index (χ0) is 15.2. The second kappa shape index (κ2) is 7.73. The number of methoxy groups -OCH3 is 2. The number of ether oxygens (including phenoxy) is 2. The lowest BCUT2D eigenvalue weighted by atomic mass is 9.97. The molecule has 21 heavy (non-hydrogen) atoms. The third-order valence-electron chi connectivity index (χ3n) is 4.17. The van der Waals surface area contributed by atoms with Crippen molar-refractivity contribution in [2.45, 2.75) is 18.9 Å². The van der Waals surface area contributed by atoms with Crippen molar-refractivity contribution in [2.24, 2.45) is 11.7 Å². The van der Waals surface area contributed by atoms with Crippen molar-refractivity contribution in [1.29, 1.82) is 0 Å². The Morgan fingerprint density at radius 1 is 1.33 bits per heavy atom. The summed E-state index contributed by atoms with van der Waals surface area (Å²) < 4.78 is 23.8. The van der Waals surface area contributed by atoms with E-state index in [-0.39, 0.29) is 17.6 Å². The molecule has 0 spiro atoms. The van der Waals surface area contributed by atoms with E-state index in [0.29, 0.717) is 5.92 Å². The molecule has 1 aliphatic heterocycles. The highest BCUT2D eigenvalue weighted by Gasteiger charge is 2.21. The van der Waals surface area contributed by atoms with Gasteiger partial charge in [0.2, 0.25) is 0 Å². The fourth-order valence-corrected chi connectivity index (χ4v) is 2.87. The minimum atomic E-state index is -0.357. The second-order valence-corrected chi connectivity index (χ2v) is 5.70. The first-order chi connectivity index (χ1) is 10.1. The fourth-order valence-electron chi connectivity index (χ4n) is 2.87. The third kappa shape index (κ3) is 4.40. The van der Waals surface area contributed by atoms with Crippen LogP contribution in [-0.2, 0) is 4.74 Å². The van der Waals surface area contributed by atoms with Crippen molar-refractivity contribution in [3.05, 3.63) is 29.6 Å². The number of nitrogens with two attached hydrogens (primary N) is 1. The highest BCUT2D eigenvalue weighted by molar-refractivity contribution is 5.31. The molecule has 0 radical (unpaired) electrons. The molecule has 0 amide bonds. The largest absolute Gasteiger partial charge is 0.494 e. The van der Waals surface area contributed by atoms with Crippen LogP contribution in [0.1, 0.15) is 24.4 Å². The molecule has 0 saturated carbocycles. The van der Waals surface area contributed by atoms with Gasteiger partial charge in [-0.05, 0) is 49.5 Å². The van der Waals surface area contributed by atoms with Crippen LogP contribution < -0.4 is 10.5 Å². The summed E-state index contributed by atoms with van der Waals surface area (Å²) >= 11 is 0. The number of rotatable bonds is 6. The summed E-state index contributed by atoms with van der Waals surface area (Å²) in [6.07, 6.45) is 2.27. The molecular formula is C16H25FN2O2. The predicted octanol–water partition coefficient (Wildman–Crippen LogP) is 2.19. The van der Waals surface area contributed by atoms with E-state index < -0.39 is 0 Å². The lowest BCUT2D eigenvalue weighted by Crippen LogP contribution is -2.39. The standard InChI is InChI=1S/C16H25FN2O2/c1-20-11-12-5-7-19(8-6-12)10-15(18)13-3-4-16(21-2)14(17)9-13/h3-4,9,12,15H,5-8,10-11,18H2,1-2H3. The molecule has 0 aromatic heterocycles. The zero-order valence-corrected chi connectivity index (χ0v) is 12.8. The number of nitrogens with zero attached hydrogens (tertiary/aromatic N) is 1. The Bertz CT molecular complexity index is 448. The number of hydrogen-bond acceptors (Lipinski definition) is 4. The van der Waals surface area contributed by atoms with Crippen molar-refractivity contribution in [1.82, 2.24) is 4.90 Å². The summed E-state index contributed by atoms with van der Waals surface area (Å²) in [6.45, 7) is 3.65. The lowest BCUT2D eigenvalue weighted by Gasteiger charge is -2.33. The van der Waals surface area contributed by atoms with Gasteiger partial charge in [-0.1, -0.05) is 6.07 Å². The minimum Gasteiger partial charge on any atom is -0.494 e. The maximum atomic E-state index is 13.7.